The minimum Gasteiger partial charge on any atom is -0.495 e. The Morgan fingerprint density at radius 1 is 1.21 bits per heavy atom. The van der Waals surface area contributed by atoms with Crippen LogP contribution in [0.15, 0.2) is 42.5 Å². The van der Waals surface area contributed by atoms with Crippen LogP contribution in [0.5, 0.6) is 5.75 Å². The normalized spacial score (nSPS) is 11.6. The molecule has 5 nitrogen and oxygen atoms in total. The van der Waals surface area contributed by atoms with Crippen molar-refractivity contribution in [2.45, 2.75) is 32.1 Å². The van der Waals surface area contributed by atoms with E-state index < -0.39 is 5.25 Å². The predicted octanol–water partition coefficient (Wildman–Crippen LogP) is 4.85. The molecule has 0 aliphatic carbocycles. The standard InChI is InChI=1S/C21H24ClNO4S/c1-4-19(21(25)27-12-15-8-6-5-7-9-15)28-13-20(24)23-17-10-14(2)16(22)11-18(17)26-3/h5-11,19H,4,12-13H2,1-3H3,(H,23,24). The van der Waals surface area contributed by atoms with E-state index >= 15 is 0 Å². The molecule has 0 saturated heterocycles. The van der Waals surface area contributed by atoms with E-state index in [1.54, 1.807) is 12.1 Å². The quantitative estimate of drug-likeness (QED) is 0.586. The number of carbonyl (C=O) groups excluding carboxylic acids is 2. The van der Waals surface area contributed by atoms with Gasteiger partial charge >= 0.3 is 5.97 Å². The monoisotopic (exact) mass is 421 g/mol. The zero-order valence-electron chi connectivity index (χ0n) is 16.2. The number of methoxy groups -OCH3 is 1. The number of benzene rings is 2. The predicted molar refractivity (Wildman–Crippen MR) is 114 cm³/mol. The van der Waals surface area contributed by atoms with E-state index in [4.69, 9.17) is 21.1 Å². The molecule has 0 aromatic heterocycles. The highest BCUT2D eigenvalue weighted by Crippen LogP contribution is 2.31. The van der Waals surface area contributed by atoms with Crippen molar-refractivity contribution in [2.24, 2.45) is 0 Å². The molecule has 1 atom stereocenters. The van der Waals surface area contributed by atoms with Crippen LogP contribution in [0.25, 0.3) is 0 Å². The number of aryl methyl sites for hydroxylation is 1. The molecule has 150 valence electrons. The lowest BCUT2D eigenvalue weighted by molar-refractivity contribution is -0.144. The summed E-state index contributed by atoms with van der Waals surface area (Å²) in [5, 5.41) is 2.98. The van der Waals surface area contributed by atoms with Crippen molar-refractivity contribution in [1.29, 1.82) is 0 Å². The molecule has 0 radical (unpaired) electrons. The fourth-order valence-electron chi connectivity index (χ4n) is 2.47. The Labute approximate surface area is 174 Å². The fraction of sp³-hybridized carbons (Fsp3) is 0.333. The van der Waals surface area contributed by atoms with Crippen molar-refractivity contribution in [3.05, 3.63) is 58.6 Å². The van der Waals surface area contributed by atoms with Crippen LogP contribution >= 0.6 is 23.4 Å². The number of anilines is 1. The van der Waals surface area contributed by atoms with Crippen LogP contribution in [-0.4, -0.2) is 30.0 Å². The van der Waals surface area contributed by atoms with E-state index in [2.05, 4.69) is 5.32 Å². The van der Waals surface area contributed by atoms with Gasteiger partial charge in [0.15, 0.2) is 0 Å². The largest absolute Gasteiger partial charge is 0.495 e. The smallest absolute Gasteiger partial charge is 0.319 e. The highest BCUT2D eigenvalue weighted by molar-refractivity contribution is 8.01. The number of thioether (sulfide) groups is 1. The summed E-state index contributed by atoms with van der Waals surface area (Å²) in [6.07, 6.45) is 0.578. The number of carbonyl (C=O) groups is 2. The van der Waals surface area contributed by atoms with Gasteiger partial charge in [0.2, 0.25) is 5.91 Å². The highest BCUT2D eigenvalue weighted by Gasteiger charge is 2.20. The Morgan fingerprint density at radius 3 is 2.57 bits per heavy atom. The molecule has 0 fully saturated rings. The second kappa shape index (κ2) is 11.0. The summed E-state index contributed by atoms with van der Waals surface area (Å²) in [5.41, 5.74) is 2.31. The molecule has 2 aromatic rings. The van der Waals surface area contributed by atoms with Gasteiger partial charge in [-0.05, 0) is 30.5 Å². The molecular weight excluding hydrogens is 398 g/mol. The van der Waals surface area contributed by atoms with Gasteiger partial charge in [-0.3, -0.25) is 9.59 Å². The number of ether oxygens (including phenoxy) is 2. The van der Waals surface area contributed by atoms with Crippen molar-refractivity contribution in [3.63, 3.8) is 0 Å². The summed E-state index contributed by atoms with van der Waals surface area (Å²) in [7, 11) is 1.52. The third-order valence-corrected chi connectivity index (χ3v) is 5.79. The second-order valence-corrected chi connectivity index (χ2v) is 7.75. The maximum absolute atomic E-state index is 12.3. The van der Waals surface area contributed by atoms with Crippen molar-refractivity contribution >= 4 is 40.9 Å². The Morgan fingerprint density at radius 2 is 1.93 bits per heavy atom. The topological polar surface area (TPSA) is 64.6 Å². The van der Waals surface area contributed by atoms with Gasteiger partial charge in [-0.1, -0.05) is 48.9 Å². The lowest BCUT2D eigenvalue weighted by Crippen LogP contribution is -2.23. The summed E-state index contributed by atoms with van der Waals surface area (Å²) < 4.78 is 10.6. The third kappa shape index (κ3) is 6.46. The number of hydrogen-bond donors (Lipinski definition) is 1. The zero-order chi connectivity index (χ0) is 20.5. The Hall–Kier alpha value is -2.18. The minimum absolute atomic E-state index is 0.129. The first-order valence-corrected chi connectivity index (χ1v) is 10.3. The summed E-state index contributed by atoms with van der Waals surface area (Å²) in [6.45, 7) is 3.97. The number of hydrogen-bond acceptors (Lipinski definition) is 5. The van der Waals surface area contributed by atoms with Crippen molar-refractivity contribution in [1.82, 2.24) is 0 Å². The van der Waals surface area contributed by atoms with E-state index in [1.807, 2.05) is 44.2 Å². The molecule has 1 unspecified atom stereocenters. The molecule has 2 rings (SSSR count). The van der Waals surface area contributed by atoms with Gasteiger partial charge in [0.25, 0.3) is 0 Å². The summed E-state index contributed by atoms with van der Waals surface area (Å²) in [6, 6.07) is 12.9. The molecule has 1 N–H and O–H groups in total. The lowest BCUT2D eigenvalue weighted by Gasteiger charge is -2.15. The molecule has 0 aliphatic heterocycles. The van der Waals surface area contributed by atoms with E-state index in [0.717, 1.165) is 11.1 Å². The first-order valence-electron chi connectivity index (χ1n) is 8.90. The van der Waals surface area contributed by atoms with Gasteiger partial charge in [0.1, 0.15) is 17.6 Å². The average Bonchev–Trinajstić information content (AvgIpc) is 2.70. The van der Waals surface area contributed by atoms with Crippen LogP contribution in [0.4, 0.5) is 5.69 Å². The molecule has 0 spiro atoms. The van der Waals surface area contributed by atoms with Crippen LogP contribution in [-0.2, 0) is 20.9 Å². The average molecular weight is 422 g/mol. The SMILES string of the molecule is CCC(SCC(=O)Nc1cc(C)c(Cl)cc1OC)C(=O)OCc1ccccc1. The van der Waals surface area contributed by atoms with Crippen LogP contribution < -0.4 is 10.1 Å². The molecule has 0 heterocycles. The van der Waals surface area contributed by atoms with Crippen molar-refractivity contribution in [3.8, 4) is 5.75 Å². The Bertz CT molecular complexity index is 814. The van der Waals surface area contributed by atoms with Gasteiger partial charge in [0, 0.05) is 11.1 Å². The molecule has 0 bridgehead atoms. The maximum atomic E-state index is 12.3. The number of rotatable bonds is 9. The molecule has 7 heteroatoms. The Balaban J connectivity index is 1.88. The molecule has 0 saturated carbocycles. The van der Waals surface area contributed by atoms with Gasteiger partial charge in [-0.2, -0.15) is 0 Å². The number of esters is 1. The Kier molecular flexibility index (Phi) is 8.67. The van der Waals surface area contributed by atoms with Gasteiger partial charge in [-0.15, -0.1) is 11.8 Å². The minimum atomic E-state index is -0.400. The first-order chi connectivity index (χ1) is 13.4. The van der Waals surface area contributed by atoms with Gasteiger partial charge < -0.3 is 14.8 Å². The van der Waals surface area contributed by atoms with Crippen LogP contribution in [0, 0.1) is 6.92 Å². The fourth-order valence-corrected chi connectivity index (χ4v) is 3.48. The van der Waals surface area contributed by atoms with Crippen LogP contribution in [0.3, 0.4) is 0 Å². The van der Waals surface area contributed by atoms with Gasteiger partial charge in [-0.25, -0.2) is 0 Å². The maximum Gasteiger partial charge on any atom is 0.319 e. The van der Waals surface area contributed by atoms with Crippen molar-refractivity contribution in [2.75, 3.05) is 18.2 Å². The van der Waals surface area contributed by atoms with E-state index in [1.165, 1.54) is 18.9 Å². The summed E-state index contributed by atoms with van der Waals surface area (Å²) >= 11 is 7.34. The van der Waals surface area contributed by atoms with Crippen molar-refractivity contribution < 1.29 is 19.1 Å². The highest BCUT2D eigenvalue weighted by atomic mass is 35.5. The number of halogens is 1. The summed E-state index contributed by atoms with van der Waals surface area (Å²) in [4.78, 5) is 24.6. The number of nitrogens with one attached hydrogen (secondary N) is 1. The molecule has 1 amide bonds. The first kappa shape index (κ1) is 22.1. The van der Waals surface area contributed by atoms with E-state index in [0.29, 0.717) is 22.9 Å². The molecular formula is C21H24ClNO4S. The zero-order valence-corrected chi connectivity index (χ0v) is 17.7. The second-order valence-electron chi connectivity index (χ2n) is 6.15. The third-order valence-electron chi connectivity index (χ3n) is 4.03. The summed E-state index contributed by atoms with van der Waals surface area (Å²) in [5.74, 6) is 0.0794. The number of amides is 1. The van der Waals surface area contributed by atoms with E-state index in [9.17, 15) is 9.59 Å². The lowest BCUT2D eigenvalue weighted by atomic mass is 10.2. The van der Waals surface area contributed by atoms with Crippen LogP contribution in [0.2, 0.25) is 5.02 Å². The van der Waals surface area contributed by atoms with Crippen LogP contribution in [0.1, 0.15) is 24.5 Å². The van der Waals surface area contributed by atoms with E-state index in [-0.39, 0.29) is 24.2 Å². The molecule has 0 aliphatic rings. The molecule has 28 heavy (non-hydrogen) atoms. The van der Waals surface area contributed by atoms with Gasteiger partial charge in [0.05, 0.1) is 18.6 Å². The molecule has 2 aromatic carbocycles.